The molecule has 1 fully saturated rings. The second-order valence-corrected chi connectivity index (χ2v) is 8.05. The van der Waals surface area contributed by atoms with Crippen molar-refractivity contribution in [2.75, 3.05) is 56.6 Å². The fraction of sp³-hybridized carbons (Fsp3) is 0.417. The molecule has 10 nitrogen and oxygen atoms in total. The molecular weight excluding hydrogens is 436 g/mol. The van der Waals surface area contributed by atoms with Crippen LogP contribution in [0, 0.1) is 10.1 Å². The Morgan fingerprint density at radius 3 is 2.82 bits per heavy atom. The van der Waals surface area contributed by atoms with Crippen LogP contribution in [0.1, 0.15) is 18.9 Å². The molecule has 0 saturated carbocycles. The minimum Gasteiger partial charge on any atom is -0.494 e. The first kappa shape index (κ1) is 23.7. The van der Waals surface area contributed by atoms with Gasteiger partial charge in [-0.15, -0.1) is 0 Å². The van der Waals surface area contributed by atoms with Crippen LogP contribution >= 0.6 is 0 Å². The van der Waals surface area contributed by atoms with Gasteiger partial charge >= 0.3 is 0 Å². The van der Waals surface area contributed by atoms with Crippen molar-refractivity contribution in [3.63, 3.8) is 0 Å². The number of fused-ring (bicyclic) bond motifs is 1. The van der Waals surface area contributed by atoms with E-state index in [-0.39, 0.29) is 5.69 Å². The van der Waals surface area contributed by atoms with Gasteiger partial charge in [0.15, 0.2) is 0 Å². The lowest BCUT2D eigenvalue weighted by Gasteiger charge is -2.26. The Hall–Kier alpha value is -3.50. The number of ether oxygens (including phenoxy) is 2. The number of morpholine rings is 1. The number of nitrogens with one attached hydrogen (secondary N) is 2. The predicted molar refractivity (Wildman–Crippen MR) is 131 cm³/mol. The standard InChI is InChI=1S/C24H30N6O4/c1-2-25-22-15-21-20(14-23(22)30(31)32)24(28-17-27-21)26-16-18-5-3-6-19(13-18)34-10-4-7-29-8-11-33-12-9-29/h3,5-6,13-15,17,25H,2,4,7-12,16H2,1H3,(H,26,27,28). The van der Waals surface area contributed by atoms with E-state index in [1.165, 1.54) is 12.4 Å². The quantitative estimate of drug-likeness (QED) is 0.248. The zero-order chi connectivity index (χ0) is 23.8. The number of hydrogen-bond donors (Lipinski definition) is 2. The lowest BCUT2D eigenvalue weighted by Crippen LogP contribution is -2.37. The highest BCUT2D eigenvalue weighted by Crippen LogP contribution is 2.32. The first-order valence-electron chi connectivity index (χ1n) is 11.6. The summed E-state index contributed by atoms with van der Waals surface area (Å²) in [4.78, 5) is 22.1. The summed E-state index contributed by atoms with van der Waals surface area (Å²) in [7, 11) is 0. The Kier molecular flexibility index (Phi) is 8.05. The van der Waals surface area contributed by atoms with Gasteiger partial charge in [-0.3, -0.25) is 15.0 Å². The van der Waals surface area contributed by atoms with Gasteiger partial charge < -0.3 is 20.1 Å². The molecule has 2 aromatic carbocycles. The zero-order valence-corrected chi connectivity index (χ0v) is 19.3. The summed E-state index contributed by atoms with van der Waals surface area (Å²) in [5.74, 6) is 1.37. The Morgan fingerprint density at radius 1 is 1.18 bits per heavy atom. The number of nitro groups is 1. The molecule has 1 aromatic heterocycles. The van der Waals surface area contributed by atoms with E-state index < -0.39 is 4.92 Å². The van der Waals surface area contributed by atoms with Crippen LogP contribution in [-0.2, 0) is 11.3 Å². The Bertz CT molecular complexity index is 1120. The molecule has 1 aliphatic heterocycles. The SMILES string of the molecule is CCNc1cc2ncnc(NCc3cccc(OCCCN4CCOCC4)c3)c2cc1[N+](=O)[O-]. The van der Waals surface area contributed by atoms with E-state index in [9.17, 15) is 10.1 Å². The molecule has 0 unspecified atom stereocenters. The summed E-state index contributed by atoms with van der Waals surface area (Å²) in [5.41, 5.74) is 2.11. The molecule has 4 rings (SSSR count). The van der Waals surface area contributed by atoms with Crippen LogP contribution in [-0.4, -0.2) is 65.8 Å². The number of rotatable bonds is 11. The third kappa shape index (κ3) is 6.09. The number of nitro benzene ring substituents is 1. The van der Waals surface area contributed by atoms with Crippen LogP contribution < -0.4 is 15.4 Å². The minimum absolute atomic E-state index is 0.000299. The molecule has 0 aliphatic carbocycles. The summed E-state index contributed by atoms with van der Waals surface area (Å²) in [6, 6.07) is 11.1. The van der Waals surface area contributed by atoms with Gasteiger partial charge in [-0.2, -0.15) is 0 Å². The molecule has 3 aromatic rings. The number of hydrogen-bond acceptors (Lipinski definition) is 9. The van der Waals surface area contributed by atoms with Crippen LogP contribution in [0.2, 0.25) is 0 Å². The Labute approximate surface area is 198 Å². The first-order chi connectivity index (χ1) is 16.6. The molecule has 2 N–H and O–H groups in total. The smallest absolute Gasteiger partial charge is 0.293 e. The summed E-state index contributed by atoms with van der Waals surface area (Å²) < 4.78 is 11.3. The minimum atomic E-state index is -0.395. The molecule has 0 atom stereocenters. The van der Waals surface area contributed by atoms with E-state index in [2.05, 4.69) is 25.5 Å². The molecule has 0 spiro atoms. The zero-order valence-electron chi connectivity index (χ0n) is 19.3. The van der Waals surface area contributed by atoms with Crippen molar-refractivity contribution < 1.29 is 14.4 Å². The van der Waals surface area contributed by atoms with Gasteiger partial charge in [-0.05, 0) is 37.1 Å². The van der Waals surface area contributed by atoms with Crippen molar-refractivity contribution in [1.82, 2.24) is 14.9 Å². The summed E-state index contributed by atoms with van der Waals surface area (Å²) in [6.45, 7) is 8.22. The second kappa shape index (κ2) is 11.6. The Balaban J connectivity index is 1.38. The van der Waals surface area contributed by atoms with Crippen LogP contribution in [0.25, 0.3) is 10.9 Å². The number of benzene rings is 2. The highest BCUT2D eigenvalue weighted by atomic mass is 16.6. The van der Waals surface area contributed by atoms with Crippen LogP contribution in [0.4, 0.5) is 17.2 Å². The first-order valence-corrected chi connectivity index (χ1v) is 11.6. The largest absolute Gasteiger partial charge is 0.494 e. The van der Waals surface area contributed by atoms with E-state index >= 15 is 0 Å². The van der Waals surface area contributed by atoms with E-state index in [4.69, 9.17) is 9.47 Å². The monoisotopic (exact) mass is 466 g/mol. The molecule has 1 aliphatic rings. The van der Waals surface area contributed by atoms with Gasteiger partial charge in [0.2, 0.25) is 0 Å². The number of aromatic nitrogens is 2. The molecule has 0 bridgehead atoms. The average molecular weight is 467 g/mol. The third-order valence-electron chi connectivity index (χ3n) is 5.67. The van der Waals surface area contributed by atoms with Crippen molar-refractivity contribution in [1.29, 1.82) is 0 Å². The maximum Gasteiger partial charge on any atom is 0.293 e. The Morgan fingerprint density at radius 2 is 2.03 bits per heavy atom. The van der Waals surface area contributed by atoms with Crippen molar-refractivity contribution in [3.05, 3.63) is 58.4 Å². The average Bonchev–Trinajstić information content (AvgIpc) is 2.86. The van der Waals surface area contributed by atoms with Crippen molar-refractivity contribution in [3.8, 4) is 5.75 Å². The highest BCUT2D eigenvalue weighted by molar-refractivity contribution is 5.94. The molecular formula is C24H30N6O4. The summed E-state index contributed by atoms with van der Waals surface area (Å²) >= 11 is 0. The highest BCUT2D eigenvalue weighted by Gasteiger charge is 2.17. The van der Waals surface area contributed by atoms with Gasteiger partial charge in [0.1, 0.15) is 23.6 Å². The maximum atomic E-state index is 11.5. The van der Waals surface area contributed by atoms with Gasteiger partial charge in [-0.1, -0.05) is 12.1 Å². The topological polar surface area (TPSA) is 115 Å². The van der Waals surface area contributed by atoms with E-state index in [1.807, 2.05) is 31.2 Å². The molecule has 180 valence electrons. The molecule has 0 radical (unpaired) electrons. The lowest BCUT2D eigenvalue weighted by molar-refractivity contribution is -0.383. The number of nitrogens with zero attached hydrogens (tertiary/aromatic N) is 4. The third-order valence-corrected chi connectivity index (χ3v) is 5.67. The van der Waals surface area contributed by atoms with Gasteiger partial charge in [-0.25, -0.2) is 9.97 Å². The summed E-state index contributed by atoms with van der Waals surface area (Å²) in [5, 5.41) is 18.5. The molecule has 0 amide bonds. The van der Waals surface area contributed by atoms with Crippen LogP contribution in [0.5, 0.6) is 5.75 Å². The van der Waals surface area contributed by atoms with Crippen LogP contribution in [0.3, 0.4) is 0 Å². The maximum absolute atomic E-state index is 11.5. The second-order valence-electron chi connectivity index (χ2n) is 8.05. The fourth-order valence-electron chi connectivity index (χ4n) is 3.95. The molecule has 34 heavy (non-hydrogen) atoms. The predicted octanol–water partition coefficient (Wildman–Crippen LogP) is 3.68. The van der Waals surface area contributed by atoms with Gasteiger partial charge in [0.05, 0.1) is 30.3 Å². The van der Waals surface area contributed by atoms with Crippen molar-refractivity contribution in [2.45, 2.75) is 19.9 Å². The van der Waals surface area contributed by atoms with E-state index in [0.717, 1.165) is 50.6 Å². The number of anilines is 2. The van der Waals surface area contributed by atoms with Crippen molar-refractivity contribution >= 4 is 28.1 Å². The van der Waals surface area contributed by atoms with E-state index in [0.29, 0.717) is 42.1 Å². The fourth-order valence-corrected chi connectivity index (χ4v) is 3.95. The van der Waals surface area contributed by atoms with Crippen molar-refractivity contribution in [2.24, 2.45) is 0 Å². The molecule has 10 heteroatoms. The normalized spacial score (nSPS) is 14.1. The van der Waals surface area contributed by atoms with E-state index in [1.54, 1.807) is 6.07 Å². The lowest BCUT2D eigenvalue weighted by atomic mass is 10.1. The van der Waals surface area contributed by atoms with Crippen LogP contribution in [0.15, 0.2) is 42.7 Å². The van der Waals surface area contributed by atoms with Gasteiger partial charge in [0, 0.05) is 44.2 Å². The molecule has 2 heterocycles. The van der Waals surface area contributed by atoms with Gasteiger partial charge in [0.25, 0.3) is 5.69 Å². The molecule has 1 saturated heterocycles. The summed E-state index contributed by atoms with van der Waals surface area (Å²) in [6.07, 6.45) is 2.42.